The first-order valence-corrected chi connectivity index (χ1v) is 6.73. The summed E-state index contributed by atoms with van der Waals surface area (Å²) in [6, 6.07) is 5.15. The van der Waals surface area contributed by atoms with Crippen molar-refractivity contribution in [1.29, 1.82) is 0 Å². The summed E-state index contributed by atoms with van der Waals surface area (Å²) in [6.07, 6.45) is 2.12. The maximum Gasteiger partial charge on any atom is 0.270 e. The lowest BCUT2D eigenvalue weighted by Crippen LogP contribution is -2.41. The molecule has 2 heterocycles. The molecule has 21 heavy (non-hydrogen) atoms. The number of aromatic nitrogens is 2. The number of carbonyl (C=O) groups excluding carboxylic acids is 1. The standard InChI is InChI=1S/C15H19N3O3/c1-15(2,3)11(19)9-17-13(20)10-8-16-12-6-4-5-7-18(12)14(10)21/h4-8,11,19H,9H2,1-3H3,(H,17,20). The number of pyridine rings is 1. The fourth-order valence-corrected chi connectivity index (χ4v) is 1.77. The van der Waals surface area contributed by atoms with Gasteiger partial charge >= 0.3 is 0 Å². The molecule has 1 unspecified atom stereocenters. The summed E-state index contributed by atoms with van der Waals surface area (Å²) in [5, 5.41) is 12.5. The largest absolute Gasteiger partial charge is 0.391 e. The second-order valence-electron chi connectivity index (χ2n) is 6.00. The monoisotopic (exact) mass is 289 g/mol. The Bertz CT molecular complexity index is 716. The van der Waals surface area contributed by atoms with Crippen molar-refractivity contribution in [3.63, 3.8) is 0 Å². The Morgan fingerprint density at radius 2 is 2.14 bits per heavy atom. The summed E-state index contributed by atoms with van der Waals surface area (Å²) in [5.41, 5.74) is -0.332. The number of amides is 1. The van der Waals surface area contributed by atoms with E-state index in [2.05, 4.69) is 10.3 Å². The third-order valence-electron chi connectivity index (χ3n) is 3.31. The zero-order valence-electron chi connectivity index (χ0n) is 12.3. The zero-order chi connectivity index (χ0) is 15.6. The molecule has 1 atom stereocenters. The highest BCUT2D eigenvalue weighted by Gasteiger charge is 2.23. The van der Waals surface area contributed by atoms with Gasteiger partial charge in [0.15, 0.2) is 0 Å². The van der Waals surface area contributed by atoms with Gasteiger partial charge in [-0.25, -0.2) is 4.98 Å². The molecule has 0 fully saturated rings. The van der Waals surface area contributed by atoms with Gasteiger partial charge in [-0.1, -0.05) is 26.8 Å². The summed E-state index contributed by atoms with van der Waals surface area (Å²) in [6.45, 7) is 5.70. The van der Waals surface area contributed by atoms with Crippen LogP contribution in [0.5, 0.6) is 0 Å². The van der Waals surface area contributed by atoms with Crippen LogP contribution in [-0.2, 0) is 0 Å². The van der Waals surface area contributed by atoms with E-state index in [0.29, 0.717) is 5.65 Å². The number of hydrogen-bond donors (Lipinski definition) is 2. The normalized spacial score (nSPS) is 13.1. The quantitative estimate of drug-likeness (QED) is 0.876. The van der Waals surface area contributed by atoms with Crippen molar-refractivity contribution in [2.24, 2.45) is 5.41 Å². The van der Waals surface area contributed by atoms with Crippen molar-refractivity contribution in [2.75, 3.05) is 6.54 Å². The third kappa shape index (κ3) is 3.28. The van der Waals surface area contributed by atoms with E-state index in [4.69, 9.17) is 0 Å². The lowest BCUT2D eigenvalue weighted by atomic mass is 9.89. The van der Waals surface area contributed by atoms with E-state index in [1.165, 1.54) is 10.6 Å². The number of nitrogens with one attached hydrogen (secondary N) is 1. The first-order valence-electron chi connectivity index (χ1n) is 6.73. The molecular formula is C15H19N3O3. The Morgan fingerprint density at radius 3 is 2.81 bits per heavy atom. The summed E-state index contributed by atoms with van der Waals surface area (Å²) >= 11 is 0. The second kappa shape index (κ2) is 5.65. The fraction of sp³-hybridized carbons (Fsp3) is 0.400. The van der Waals surface area contributed by atoms with Crippen LogP contribution in [0, 0.1) is 5.41 Å². The van der Waals surface area contributed by atoms with E-state index >= 15 is 0 Å². The number of aliphatic hydroxyl groups excluding tert-OH is 1. The molecule has 2 aromatic rings. The molecule has 2 N–H and O–H groups in total. The number of carbonyl (C=O) groups is 1. The maximum absolute atomic E-state index is 12.2. The predicted molar refractivity (Wildman–Crippen MR) is 79.3 cm³/mol. The van der Waals surface area contributed by atoms with E-state index in [0.717, 1.165) is 0 Å². The van der Waals surface area contributed by atoms with Crippen molar-refractivity contribution in [3.8, 4) is 0 Å². The molecule has 1 amide bonds. The minimum Gasteiger partial charge on any atom is -0.391 e. The zero-order valence-corrected chi connectivity index (χ0v) is 12.3. The van der Waals surface area contributed by atoms with Gasteiger partial charge in [0.25, 0.3) is 11.5 Å². The van der Waals surface area contributed by atoms with Crippen molar-refractivity contribution in [2.45, 2.75) is 26.9 Å². The molecule has 0 aliphatic rings. The van der Waals surface area contributed by atoms with Crippen LogP contribution in [0.3, 0.4) is 0 Å². The van der Waals surface area contributed by atoms with Crippen LogP contribution in [0.1, 0.15) is 31.1 Å². The van der Waals surface area contributed by atoms with Crippen LogP contribution in [0.2, 0.25) is 0 Å². The van der Waals surface area contributed by atoms with E-state index in [1.807, 2.05) is 20.8 Å². The van der Waals surface area contributed by atoms with Gasteiger partial charge in [0, 0.05) is 18.9 Å². The highest BCUT2D eigenvalue weighted by atomic mass is 16.3. The lowest BCUT2D eigenvalue weighted by Gasteiger charge is -2.25. The van der Waals surface area contributed by atoms with Crippen molar-refractivity contribution in [3.05, 3.63) is 46.5 Å². The highest BCUT2D eigenvalue weighted by molar-refractivity contribution is 5.93. The highest BCUT2D eigenvalue weighted by Crippen LogP contribution is 2.18. The van der Waals surface area contributed by atoms with Crippen LogP contribution in [0.25, 0.3) is 5.65 Å². The topological polar surface area (TPSA) is 83.7 Å². The molecular weight excluding hydrogens is 270 g/mol. The first-order chi connectivity index (χ1) is 9.80. The molecule has 0 aliphatic heterocycles. The molecule has 0 radical (unpaired) electrons. The van der Waals surface area contributed by atoms with Gasteiger partial charge in [-0.05, 0) is 17.5 Å². The fourth-order valence-electron chi connectivity index (χ4n) is 1.77. The van der Waals surface area contributed by atoms with E-state index in [9.17, 15) is 14.7 Å². The van der Waals surface area contributed by atoms with Crippen LogP contribution >= 0.6 is 0 Å². The van der Waals surface area contributed by atoms with Crippen LogP contribution in [0.4, 0.5) is 0 Å². The molecule has 6 nitrogen and oxygen atoms in total. The van der Waals surface area contributed by atoms with Gasteiger partial charge in [-0.3, -0.25) is 14.0 Å². The predicted octanol–water partition coefficient (Wildman–Crippen LogP) is 0.831. The first kappa shape index (κ1) is 15.2. The van der Waals surface area contributed by atoms with Crippen LogP contribution in [-0.4, -0.2) is 33.0 Å². The molecule has 0 saturated carbocycles. The minimum absolute atomic E-state index is 0.0418. The van der Waals surface area contributed by atoms with E-state index in [1.54, 1.807) is 24.4 Å². The molecule has 0 spiro atoms. The van der Waals surface area contributed by atoms with Crippen LogP contribution < -0.4 is 10.9 Å². The summed E-state index contributed by atoms with van der Waals surface area (Å²) < 4.78 is 1.31. The number of rotatable bonds is 3. The van der Waals surface area contributed by atoms with Crippen molar-refractivity contribution < 1.29 is 9.90 Å². The van der Waals surface area contributed by atoms with Gasteiger partial charge in [0.1, 0.15) is 11.2 Å². The Balaban J connectivity index is 2.21. The van der Waals surface area contributed by atoms with Gasteiger partial charge in [0.2, 0.25) is 0 Å². The summed E-state index contributed by atoms with van der Waals surface area (Å²) in [5.74, 6) is -0.533. The molecule has 2 rings (SSSR count). The average Bonchev–Trinajstić information content (AvgIpc) is 2.44. The van der Waals surface area contributed by atoms with Crippen LogP contribution in [0.15, 0.2) is 35.4 Å². The Hall–Kier alpha value is -2.21. The van der Waals surface area contributed by atoms with Gasteiger partial charge < -0.3 is 10.4 Å². The molecule has 2 aromatic heterocycles. The van der Waals surface area contributed by atoms with E-state index in [-0.39, 0.29) is 17.5 Å². The molecule has 0 aliphatic carbocycles. The Kier molecular flexibility index (Phi) is 4.09. The molecule has 0 saturated heterocycles. The third-order valence-corrected chi connectivity index (χ3v) is 3.31. The average molecular weight is 289 g/mol. The summed E-state index contributed by atoms with van der Waals surface area (Å²) in [4.78, 5) is 28.4. The smallest absolute Gasteiger partial charge is 0.270 e. The van der Waals surface area contributed by atoms with E-state index < -0.39 is 17.6 Å². The number of aliphatic hydroxyl groups is 1. The maximum atomic E-state index is 12.2. The van der Waals surface area contributed by atoms with Gasteiger partial charge in [-0.15, -0.1) is 0 Å². The molecule has 0 bridgehead atoms. The minimum atomic E-state index is -0.697. The number of fused-ring (bicyclic) bond motifs is 1. The Labute approximate surface area is 122 Å². The molecule has 0 aromatic carbocycles. The van der Waals surface area contributed by atoms with Crippen molar-refractivity contribution >= 4 is 11.6 Å². The SMILES string of the molecule is CC(C)(C)C(O)CNC(=O)c1cnc2ccccn2c1=O. The van der Waals surface area contributed by atoms with Gasteiger partial charge in [-0.2, -0.15) is 0 Å². The number of hydrogen-bond acceptors (Lipinski definition) is 4. The number of nitrogens with zero attached hydrogens (tertiary/aromatic N) is 2. The molecule has 6 heteroatoms. The molecule has 112 valence electrons. The lowest BCUT2D eigenvalue weighted by molar-refractivity contribution is 0.0586. The second-order valence-corrected chi connectivity index (χ2v) is 6.00. The van der Waals surface area contributed by atoms with Crippen molar-refractivity contribution in [1.82, 2.24) is 14.7 Å². The Morgan fingerprint density at radius 1 is 1.43 bits per heavy atom. The summed E-state index contributed by atoms with van der Waals surface area (Å²) in [7, 11) is 0. The van der Waals surface area contributed by atoms with Gasteiger partial charge in [0.05, 0.1) is 6.10 Å².